The average molecular weight is 321 g/mol. The minimum atomic E-state index is -0.901. The second-order valence-electron chi connectivity index (χ2n) is 7.55. The van der Waals surface area contributed by atoms with E-state index in [1.165, 1.54) is 0 Å². The van der Waals surface area contributed by atoms with Crippen LogP contribution in [0.1, 0.15) is 76.0 Å². The predicted molar refractivity (Wildman–Crippen MR) is 87.6 cm³/mol. The SMILES string of the molecule is CC(C)N(CCC(=O)O)C(=O)c1cc(C2CC2)n(C(C)(C)C)n1. The van der Waals surface area contributed by atoms with E-state index < -0.39 is 5.97 Å². The summed E-state index contributed by atoms with van der Waals surface area (Å²) in [6.07, 6.45) is 2.23. The van der Waals surface area contributed by atoms with Gasteiger partial charge in [0.15, 0.2) is 5.69 Å². The first-order chi connectivity index (χ1) is 10.6. The van der Waals surface area contributed by atoms with Crippen LogP contribution in [0, 0.1) is 0 Å². The lowest BCUT2D eigenvalue weighted by Gasteiger charge is -2.25. The zero-order valence-electron chi connectivity index (χ0n) is 14.7. The third-order valence-electron chi connectivity index (χ3n) is 4.04. The van der Waals surface area contributed by atoms with E-state index in [-0.39, 0.29) is 30.5 Å². The first-order valence-corrected chi connectivity index (χ1v) is 8.24. The maximum atomic E-state index is 12.8. The lowest BCUT2D eigenvalue weighted by atomic mass is 10.1. The monoisotopic (exact) mass is 321 g/mol. The molecule has 1 amide bonds. The number of carboxylic acids is 1. The van der Waals surface area contributed by atoms with Crippen LogP contribution < -0.4 is 0 Å². The summed E-state index contributed by atoms with van der Waals surface area (Å²) in [5, 5.41) is 13.4. The van der Waals surface area contributed by atoms with E-state index in [1.807, 2.05) is 24.6 Å². The van der Waals surface area contributed by atoms with E-state index in [0.29, 0.717) is 11.6 Å². The van der Waals surface area contributed by atoms with Crippen LogP contribution in [0.25, 0.3) is 0 Å². The number of hydrogen-bond donors (Lipinski definition) is 1. The molecule has 0 atom stereocenters. The fourth-order valence-electron chi connectivity index (χ4n) is 2.66. The Balaban J connectivity index is 2.28. The number of aliphatic carboxylic acids is 1. The molecular formula is C17H27N3O3. The molecule has 0 unspecified atom stereocenters. The third kappa shape index (κ3) is 4.12. The molecule has 0 aromatic carbocycles. The van der Waals surface area contributed by atoms with E-state index in [9.17, 15) is 9.59 Å². The topological polar surface area (TPSA) is 75.4 Å². The molecule has 6 heteroatoms. The second kappa shape index (κ2) is 6.34. The number of nitrogens with zero attached hydrogens (tertiary/aromatic N) is 3. The molecule has 1 aromatic heterocycles. The van der Waals surface area contributed by atoms with Gasteiger partial charge in [0.2, 0.25) is 0 Å². The first kappa shape index (κ1) is 17.5. The summed E-state index contributed by atoms with van der Waals surface area (Å²) in [5.74, 6) is -0.594. The molecule has 1 aliphatic rings. The zero-order valence-corrected chi connectivity index (χ0v) is 14.7. The van der Waals surface area contributed by atoms with Crippen LogP contribution >= 0.6 is 0 Å². The molecule has 1 fully saturated rings. The molecule has 1 heterocycles. The summed E-state index contributed by atoms with van der Waals surface area (Å²) in [6, 6.07) is 1.83. The fourth-order valence-corrected chi connectivity index (χ4v) is 2.66. The molecule has 0 saturated heterocycles. The summed E-state index contributed by atoms with van der Waals surface area (Å²) in [6.45, 7) is 10.2. The Morgan fingerprint density at radius 3 is 2.43 bits per heavy atom. The van der Waals surface area contributed by atoms with Gasteiger partial charge in [-0.25, -0.2) is 0 Å². The number of hydrogen-bond acceptors (Lipinski definition) is 3. The number of carbonyl (C=O) groups excluding carboxylic acids is 1. The van der Waals surface area contributed by atoms with Gasteiger partial charge >= 0.3 is 5.97 Å². The Labute approximate surface area is 137 Å². The van der Waals surface area contributed by atoms with Crippen molar-refractivity contribution in [2.24, 2.45) is 0 Å². The van der Waals surface area contributed by atoms with Gasteiger partial charge in [0.1, 0.15) is 0 Å². The van der Waals surface area contributed by atoms with Crippen molar-refractivity contribution in [2.75, 3.05) is 6.54 Å². The van der Waals surface area contributed by atoms with E-state index >= 15 is 0 Å². The molecule has 23 heavy (non-hydrogen) atoms. The van der Waals surface area contributed by atoms with Crippen molar-refractivity contribution < 1.29 is 14.7 Å². The second-order valence-corrected chi connectivity index (χ2v) is 7.55. The highest BCUT2D eigenvalue weighted by Crippen LogP contribution is 2.41. The number of rotatable bonds is 6. The summed E-state index contributed by atoms with van der Waals surface area (Å²) in [7, 11) is 0. The van der Waals surface area contributed by atoms with Gasteiger partial charge in [0, 0.05) is 24.2 Å². The van der Waals surface area contributed by atoms with Crippen LogP contribution in [0.4, 0.5) is 0 Å². The minimum absolute atomic E-state index is 0.0562. The van der Waals surface area contributed by atoms with Gasteiger partial charge in [-0.3, -0.25) is 14.3 Å². The number of aromatic nitrogens is 2. The molecule has 1 aliphatic carbocycles. The van der Waals surface area contributed by atoms with E-state index in [2.05, 4.69) is 25.9 Å². The Bertz CT molecular complexity index is 595. The molecule has 6 nitrogen and oxygen atoms in total. The standard InChI is InChI=1S/C17H27N3O3/c1-11(2)19(9-8-15(21)22)16(23)13-10-14(12-6-7-12)20(18-13)17(3,4)5/h10-12H,6-9H2,1-5H3,(H,21,22). The van der Waals surface area contributed by atoms with Crippen molar-refractivity contribution in [1.29, 1.82) is 0 Å². The van der Waals surface area contributed by atoms with E-state index in [1.54, 1.807) is 4.90 Å². The van der Waals surface area contributed by atoms with Crippen molar-refractivity contribution in [1.82, 2.24) is 14.7 Å². The normalized spacial score (nSPS) is 15.0. The largest absolute Gasteiger partial charge is 0.481 e. The zero-order chi connectivity index (χ0) is 17.4. The van der Waals surface area contributed by atoms with Gasteiger partial charge in [-0.15, -0.1) is 0 Å². The van der Waals surface area contributed by atoms with Crippen LogP contribution in [0.15, 0.2) is 6.07 Å². The molecule has 128 valence electrons. The summed E-state index contributed by atoms with van der Waals surface area (Å²) < 4.78 is 1.95. The van der Waals surface area contributed by atoms with Crippen LogP contribution in [-0.2, 0) is 10.3 Å². The van der Waals surface area contributed by atoms with Crippen molar-refractivity contribution >= 4 is 11.9 Å². The van der Waals surface area contributed by atoms with Crippen LogP contribution in [0.2, 0.25) is 0 Å². The maximum absolute atomic E-state index is 12.8. The molecular weight excluding hydrogens is 294 g/mol. The van der Waals surface area contributed by atoms with Crippen molar-refractivity contribution in [3.63, 3.8) is 0 Å². The molecule has 2 rings (SSSR count). The maximum Gasteiger partial charge on any atom is 0.305 e. The average Bonchev–Trinajstić information content (AvgIpc) is 3.15. The van der Waals surface area contributed by atoms with Gasteiger partial charge in [0.05, 0.1) is 12.0 Å². The highest BCUT2D eigenvalue weighted by molar-refractivity contribution is 5.93. The predicted octanol–water partition coefficient (Wildman–Crippen LogP) is 2.84. The highest BCUT2D eigenvalue weighted by atomic mass is 16.4. The smallest absolute Gasteiger partial charge is 0.305 e. The minimum Gasteiger partial charge on any atom is -0.481 e. The van der Waals surface area contributed by atoms with Crippen LogP contribution in [0.5, 0.6) is 0 Å². The van der Waals surface area contributed by atoms with Gasteiger partial charge in [-0.2, -0.15) is 5.10 Å². The van der Waals surface area contributed by atoms with E-state index in [4.69, 9.17) is 5.11 Å². The highest BCUT2D eigenvalue weighted by Gasteiger charge is 2.33. The van der Waals surface area contributed by atoms with Gasteiger partial charge < -0.3 is 10.0 Å². The molecule has 1 aromatic rings. The lowest BCUT2D eigenvalue weighted by Crippen LogP contribution is -2.39. The summed E-state index contributed by atoms with van der Waals surface area (Å²) in [4.78, 5) is 25.2. The Morgan fingerprint density at radius 2 is 2.00 bits per heavy atom. The Hall–Kier alpha value is -1.85. The quantitative estimate of drug-likeness (QED) is 0.874. The van der Waals surface area contributed by atoms with Crippen LogP contribution in [-0.4, -0.2) is 44.3 Å². The number of carbonyl (C=O) groups is 2. The Kier molecular flexibility index (Phi) is 4.82. The van der Waals surface area contributed by atoms with Crippen molar-refractivity contribution in [2.45, 2.75) is 71.4 Å². The molecule has 0 spiro atoms. The molecule has 1 N–H and O–H groups in total. The van der Waals surface area contributed by atoms with Crippen LogP contribution in [0.3, 0.4) is 0 Å². The number of amides is 1. The first-order valence-electron chi connectivity index (χ1n) is 8.24. The van der Waals surface area contributed by atoms with E-state index in [0.717, 1.165) is 18.5 Å². The van der Waals surface area contributed by atoms with Crippen molar-refractivity contribution in [3.05, 3.63) is 17.5 Å². The molecule has 1 saturated carbocycles. The van der Waals surface area contributed by atoms with Gasteiger partial charge in [0.25, 0.3) is 5.91 Å². The summed E-state index contributed by atoms with van der Waals surface area (Å²) in [5.41, 5.74) is 1.35. The Morgan fingerprint density at radius 1 is 1.39 bits per heavy atom. The van der Waals surface area contributed by atoms with Crippen molar-refractivity contribution in [3.8, 4) is 0 Å². The number of carboxylic acid groups (broad SMARTS) is 1. The third-order valence-corrected chi connectivity index (χ3v) is 4.04. The lowest BCUT2D eigenvalue weighted by molar-refractivity contribution is -0.137. The molecule has 0 radical (unpaired) electrons. The molecule has 0 bridgehead atoms. The summed E-state index contributed by atoms with van der Waals surface area (Å²) >= 11 is 0. The van der Waals surface area contributed by atoms with Gasteiger partial charge in [-0.1, -0.05) is 0 Å². The fraction of sp³-hybridized carbons (Fsp3) is 0.706. The van der Waals surface area contributed by atoms with Gasteiger partial charge in [-0.05, 0) is 53.5 Å². The molecule has 0 aliphatic heterocycles.